The van der Waals surface area contributed by atoms with Crippen molar-refractivity contribution in [3.05, 3.63) is 0 Å². The van der Waals surface area contributed by atoms with Gasteiger partial charge in [0.15, 0.2) is 6.23 Å². The summed E-state index contributed by atoms with van der Waals surface area (Å²) in [7, 11) is 0. The van der Waals surface area contributed by atoms with Crippen molar-refractivity contribution in [1.29, 1.82) is 0 Å². The summed E-state index contributed by atoms with van der Waals surface area (Å²) in [6.07, 6.45) is 3.29. The molecule has 1 saturated heterocycles. The topological polar surface area (TPSA) is 38.3 Å². The van der Waals surface area contributed by atoms with E-state index in [-0.39, 0.29) is 12.2 Å². The largest absolute Gasteiger partial charge is 0.447 e. The minimum Gasteiger partial charge on any atom is -0.447 e. The lowest BCUT2D eigenvalue weighted by atomic mass is 10.1. The third-order valence-corrected chi connectivity index (χ3v) is 1.57. The Hall–Kier alpha value is -0.570. The lowest BCUT2D eigenvalue weighted by molar-refractivity contribution is -0.149. The zero-order chi connectivity index (χ0) is 7.40. The molecule has 3 nitrogen and oxygen atoms in total. The fourth-order valence-electron chi connectivity index (χ4n) is 1.12. The zero-order valence-electron chi connectivity index (χ0n) is 6.22. The number of esters is 1. The number of rotatable bonds is 1. The third kappa shape index (κ3) is 2.35. The van der Waals surface area contributed by atoms with Crippen molar-refractivity contribution in [3.63, 3.8) is 0 Å². The molecule has 1 fully saturated rings. The van der Waals surface area contributed by atoms with Gasteiger partial charge in [0.05, 0.1) is 0 Å². The second-order valence-corrected chi connectivity index (χ2v) is 2.55. The predicted octanol–water partition coefficient (Wildman–Crippen LogP) is 0.649. The molecule has 0 aliphatic carbocycles. The Kier molecular flexibility index (Phi) is 2.68. The molecule has 1 N–H and O–H groups in total. The molecule has 0 unspecified atom stereocenters. The quantitative estimate of drug-likeness (QED) is 0.548. The van der Waals surface area contributed by atoms with Crippen LogP contribution in [0.5, 0.6) is 0 Å². The average molecular weight is 143 g/mol. The summed E-state index contributed by atoms with van der Waals surface area (Å²) in [4.78, 5) is 10.4. The molecule has 10 heavy (non-hydrogen) atoms. The number of hydrogen-bond donors (Lipinski definition) is 1. The van der Waals surface area contributed by atoms with Crippen LogP contribution < -0.4 is 5.32 Å². The molecule has 0 saturated carbocycles. The Morgan fingerprint density at radius 3 is 2.90 bits per heavy atom. The van der Waals surface area contributed by atoms with Gasteiger partial charge in [-0.25, -0.2) is 0 Å². The first kappa shape index (κ1) is 7.54. The van der Waals surface area contributed by atoms with Gasteiger partial charge in [0.1, 0.15) is 0 Å². The highest BCUT2D eigenvalue weighted by atomic mass is 16.6. The van der Waals surface area contributed by atoms with Crippen LogP contribution in [0.25, 0.3) is 0 Å². The molecular formula is C7H13NO2. The van der Waals surface area contributed by atoms with Crippen molar-refractivity contribution in [2.45, 2.75) is 32.4 Å². The van der Waals surface area contributed by atoms with Crippen LogP contribution >= 0.6 is 0 Å². The van der Waals surface area contributed by atoms with E-state index in [1.165, 1.54) is 13.3 Å². The Labute approximate surface area is 60.7 Å². The molecule has 0 bridgehead atoms. The minimum atomic E-state index is -0.195. The lowest BCUT2D eigenvalue weighted by Crippen LogP contribution is -2.37. The van der Waals surface area contributed by atoms with Gasteiger partial charge in [-0.05, 0) is 25.8 Å². The van der Waals surface area contributed by atoms with E-state index >= 15 is 0 Å². The number of nitrogens with one attached hydrogen (secondary N) is 1. The van der Waals surface area contributed by atoms with Crippen LogP contribution in [0.3, 0.4) is 0 Å². The van der Waals surface area contributed by atoms with E-state index in [0.29, 0.717) is 0 Å². The highest BCUT2D eigenvalue weighted by Crippen LogP contribution is 2.07. The van der Waals surface area contributed by atoms with Crippen LogP contribution in [0.2, 0.25) is 0 Å². The molecule has 3 heteroatoms. The van der Waals surface area contributed by atoms with Crippen LogP contribution in [-0.4, -0.2) is 18.7 Å². The van der Waals surface area contributed by atoms with Gasteiger partial charge in [0, 0.05) is 6.92 Å². The maximum atomic E-state index is 10.4. The second-order valence-electron chi connectivity index (χ2n) is 2.55. The van der Waals surface area contributed by atoms with Crippen LogP contribution in [0.4, 0.5) is 0 Å². The minimum absolute atomic E-state index is 0.0220. The van der Waals surface area contributed by atoms with Gasteiger partial charge < -0.3 is 4.74 Å². The van der Waals surface area contributed by atoms with Gasteiger partial charge in [0.2, 0.25) is 0 Å². The molecule has 1 aliphatic heterocycles. The number of hydrogen-bond acceptors (Lipinski definition) is 3. The van der Waals surface area contributed by atoms with Crippen LogP contribution in [0.15, 0.2) is 0 Å². The van der Waals surface area contributed by atoms with Crippen molar-refractivity contribution in [1.82, 2.24) is 5.32 Å². The van der Waals surface area contributed by atoms with Crippen molar-refractivity contribution >= 4 is 5.97 Å². The molecule has 0 amide bonds. The van der Waals surface area contributed by atoms with Gasteiger partial charge in [-0.15, -0.1) is 0 Å². The fraction of sp³-hybridized carbons (Fsp3) is 0.857. The van der Waals surface area contributed by atoms with E-state index in [2.05, 4.69) is 5.32 Å². The molecule has 1 atom stereocenters. The standard InChI is InChI=1S/C7H13NO2/c1-6(9)10-7-4-2-3-5-8-7/h7-8H,2-5H2,1H3/t7-/m0/s1. The summed E-state index contributed by atoms with van der Waals surface area (Å²) in [5.41, 5.74) is 0. The van der Waals surface area contributed by atoms with E-state index in [0.717, 1.165) is 19.4 Å². The Morgan fingerprint density at radius 1 is 1.60 bits per heavy atom. The van der Waals surface area contributed by atoms with E-state index in [4.69, 9.17) is 4.74 Å². The number of carbonyl (C=O) groups excluding carboxylic acids is 1. The smallest absolute Gasteiger partial charge is 0.304 e. The molecule has 0 radical (unpaired) electrons. The summed E-state index contributed by atoms with van der Waals surface area (Å²) in [6, 6.07) is 0. The van der Waals surface area contributed by atoms with Crippen LogP contribution in [-0.2, 0) is 9.53 Å². The second kappa shape index (κ2) is 3.56. The van der Waals surface area contributed by atoms with Crippen molar-refractivity contribution in [3.8, 4) is 0 Å². The summed E-state index contributed by atoms with van der Waals surface area (Å²) in [5.74, 6) is -0.195. The van der Waals surface area contributed by atoms with Gasteiger partial charge in [0.25, 0.3) is 0 Å². The predicted molar refractivity (Wildman–Crippen MR) is 37.4 cm³/mol. The molecule has 0 aromatic heterocycles. The van der Waals surface area contributed by atoms with E-state index in [9.17, 15) is 4.79 Å². The molecule has 1 rings (SSSR count). The molecule has 0 aromatic carbocycles. The zero-order valence-corrected chi connectivity index (χ0v) is 6.22. The van der Waals surface area contributed by atoms with Crippen LogP contribution in [0.1, 0.15) is 26.2 Å². The highest BCUT2D eigenvalue weighted by molar-refractivity contribution is 5.66. The number of ether oxygens (including phenoxy) is 1. The first-order valence-corrected chi connectivity index (χ1v) is 3.69. The molecule has 1 heterocycles. The van der Waals surface area contributed by atoms with E-state index in [1.54, 1.807) is 0 Å². The summed E-state index contributed by atoms with van der Waals surface area (Å²) in [5, 5.41) is 3.11. The average Bonchev–Trinajstić information content (AvgIpc) is 1.88. The first-order chi connectivity index (χ1) is 4.79. The van der Waals surface area contributed by atoms with Gasteiger partial charge in [-0.2, -0.15) is 0 Å². The maximum absolute atomic E-state index is 10.4. The maximum Gasteiger partial charge on any atom is 0.304 e. The van der Waals surface area contributed by atoms with Crippen molar-refractivity contribution in [2.75, 3.05) is 6.54 Å². The van der Waals surface area contributed by atoms with Crippen molar-refractivity contribution in [2.24, 2.45) is 0 Å². The molecule has 0 aromatic rings. The first-order valence-electron chi connectivity index (χ1n) is 3.69. The lowest BCUT2D eigenvalue weighted by Gasteiger charge is -2.22. The van der Waals surface area contributed by atoms with Gasteiger partial charge >= 0.3 is 5.97 Å². The normalized spacial score (nSPS) is 25.9. The fourth-order valence-corrected chi connectivity index (χ4v) is 1.12. The molecular weight excluding hydrogens is 130 g/mol. The Balaban J connectivity index is 2.19. The van der Waals surface area contributed by atoms with E-state index in [1.807, 2.05) is 0 Å². The van der Waals surface area contributed by atoms with Gasteiger partial charge in [-0.1, -0.05) is 0 Å². The molecule has 58 valence electrons. The molecule has 1 aliphatic rings. The number of piperidine rings is 1. The van der Waals surface area contributed by atoms with Gasteiger partial charge in [-0.3, -0.25) is 10.1 Å². The monoisotopic (exact) mass is 143 g/mol. The summed E-state index contributed by atoms with van der Waals surface area (Å²) < 4.78 is 4.94. The summed E-state index contributed by atoms with van der Waals surface area (Å²) >= 11 is 0. The highest BCUT2D eigenvalue weighted by Gasteiger charge is 2.13. The van der Waals surface area contributed by atoms with E-state index < -0.39 is 0 Å². The Bertz CT molecular complexity index is 119. The molecule has 0 spiro atoms. The Morgan fingerprint density at radius 2 is 2.40 bits per heavy atom. The number of carbonyl (C=O) groups is 1. The van der Waals surface area contributed by atoms with Crippen molar-refractivity contribution < 1.29 is 9.53 Å². The SMILES string of the molecule is CC(=O)O[C@H]1CCCCN1. The third-order valence-electron chi connectivity index (χ3n) is 1.57. The van der Waals surface area contributed by atoms with Crippen LogP contribution in [0, 0.1) is 0 Å². The summed E-state index contributed by atoms with van der Waals surface area (Å²) in [6.45, 7) is 2.41.